The largest absolute Gasteiger partial charge is 0.390 e. The van der Waals surface area contributed by atoms with Gasteiger partial charge in [-0.3, -0.25) is 4.79 Å². The number of hydrogen-bond acceptors (Lipinski definition) is 4. The maximum Gasteiger partial charge on any atom is 0.178 e. The van der Waals surface area contributed by atoms with Gasteiger partial charge in [0.15, 0.2) is 17.2 Å². The van der Waals surface area contributed by atoms with Crippen LogP contribution in [-0.4, -0.2) is 40.7 Å². The first kappa shape index (κ1) is 18.0. The summed E-state index contributed by atoms with van der Waals surface area (Å²) >= 11 is 0. The summed E-state index contributed by atoms with van der Waals surface area (Å²) in [5.41, 5.74) is -2.18. The zero-order valence-corrected chi connectivity index (χ0v) is 16.5. The molecule has 0 radical (unpaired) electrons. The van der Waals surface area contributed by atoms with Crippen molar-refractivity contribution in [3.63, 3.8) is 0 Å². The van der Waals surface area contributed by atoms with E-state index in [-0.39, 0.29) is 35.2 Å². The number of allylic oxidation sites excluding steroid dienone is 4. The number of alkyl halides is 1. The van der Waals surface area contributed by atoms with Crippen LogP contribution in [0, 0.1) is 22.7 Å². The Morgan fingerprint density at radius 3 is 2.67 bits per heavy atom. The van der Waals surface area contributed by atoms with Gasteiger partial charge in [-0.15, -0.1) is 0 Å². The summed E-state index contributed by atoms with van der Waals surface area (Å²) in [6.45, 7) is 7.84. The Bertz CT molecular complexity index is 772. The molecule has 4 aliphatic carbocycles. The van der Waals surface area contributed by atoms with E-state index in [1.165, 1.54) is 6.08 Å². The summed E-state index contributed by atoms with van der Waals surface area (Å²) in [4.78, 5) is 11.9. The number of carbonyl (C=O) groups excluding carboxylic acids is 1. The van der Waals surface area contributed by atoms with E-state index in [9.17, 15) is 9.90 Å². The lowest BCUT2D eigenvalue weighted by atomic mass is 9.46. The van der Waals surface area contributed by atoms with E-state index in [1.54, 1.807) is 12.2 Å². The van der Waals surface area contributed by atoms with Gasteiger partial charge in [-0.2, -0.15) is 0 Å². The Balaban J connectivity index is 1.57. The number of carbonyl (C=O) groups is 1. The fourth-order valence-electron chi connectivity index (χ4n) is 7.18. The Kier molecular flexibility index (Phi) is 3.41. The standard InChI is InChI=1S/C22H29FO4/c1-19(2)26-16-10-15-14-6-5-12-9-13(24)7-8-21(12,4)22(14,23)17(25)11-20(15,3)18(16)27-19/h7-9,14-18,25H,5-6,10-11H2,1-4H3/t14-,15-,16+,17-,18+,20-,21-,22-/m0/s1. The lowest BCUT2D eigenvalue weighted by Gasteiger charge is -2.61. The van der Waals surface area contributed by atoms with Gasteiger partial charge in [0.05, 0.1) is 18.3 Å². The molecule has 1 aliphatic heterocycles. The molecule has 8 atom stereocenters. The number of aliphatic hydroxyl groups is 1. The van der Waals surface area contributed by atoms with Crippen LogP contribution < -0.4 is 0 Å². The van der Waals surface area contributed by atoms with Gasteiger partial charge in [-0.25, -0.2) is 4.39 Å². The van der Waals surface area contributed by atoms with Gasteiger partial charge in [0, 0.05) is 16.7 Å². The number of ether oxygens (including phenoxy) is 2. The van der Waals surface area contributed by atoms with Crippen molar-refractivity contribution in [2.45, 2.75) is 83.1 Å². The molecule has 5 rings (SSSR count). The third-order valence-corrected chi connectivity index (χ3v) is 8.40. The van der Waals surface area contributed by atoms with Crippen LogP contribution in [0.15, 0.2) is 23.8 Å². The van der Waals surface area contributed by atoms with Crippen LogP contribution in [-0.2, 0) is 14.3 Å². The number of rotatable bonds is 0. The SMILES string of the molecule is CC1(C)O[C@@H]2[C@@H](C[C@H]3[C@@H]4CCC5=CC(=O)C=C[C@]5(C)[C@@]4(F)[C@@H](O)C[C@]23C)O1. The molecule has 0 aromatic heterocycles. The molecule has 0 unspecified atom stereocenters. The molecule has 5 heteroatoms. The lowest BCUT2D eigenvalue weighted by Crippen LogP contribution is -2.67. The molecule has 27 heavy (non-hydrogen) atoms. The van der Waals surface area contributed by atoms with Crippen molar-refractivity contribution in [2.24, 2.45) is 22.7 Å². The summed E-state index contributed by atoms with van der Waals surface area (Å²) in [5.74, 6) is -0.882. The van der Waals surface area contributed by atoms with E-state index in [0.717, 1.165) is 12.0 Å². The highest BCUT2D eigenvalue weighted by Gasteiger charge is 2.73. The van der Waals surface area contributed by atoms with Crippen molar-refractivity contribution in [1.29, 1.82) is 0 Å². The quantitative estimate of drug-likeness (QED) is 0.703. The van der Waals surface area contributed by atoms with Crippen LogP contribution >= 0.6 is 0 Å². The van der Waals surface area contributed by atoms with Gasteiger partial charge in [0.1, 0.15) is 0 Å². The van der Waals surface area contributed by atoms with Crippen molar-refractivity contribution < 1.29 is 23.8 Å². The summed E-state index contributed by atoms with van der Waals surface area (Å²) in [7, 11) is 0. The molecule has 0 amide bonds. The molecule has 4 fully saturated rings. The Morgan fingerprint density at radius 2 is 1.93 bits per heavy atom. The molecular formula is C22H29FO4. The minimum absolute atomic E-state index is 0.0437. The molecule has 4 nitrogen and oxygen atoms in total. The number of fused-ring (bicyclic) bond motifs is 7. The number of hydrogen-bond donors (Lipinski definition) is 1. The van der Waals surface area contributed by atoms with E-state index >= 15 is 4.39 Å². The summed E-state index contributed by atoms with van der Waals surface area (Å²) < 4.78 is 29.2. The first-order valence-electron chi connectivity index (χ1n) is 10.2. The summed E-state index contributed by atoms with van der Waals surface area (Å²) in [6, 6.07) is 0. The minimum Gasteiger partial charge on any atom is -0.390 e. The van der Waals surface area contributed by atoms with Gasteiger partial charge in [-0.05, 0) is 64.5 Å². The van der Waals surface area contributed by atoms with Crippen LogP contribution in [0.25, 0.3) is 0 Å². The van der Waals surface area contributed by atoms with Gasteiger partial charge in [0.25, 0.3) is 0 Å². The smallest absolute Gasteiger partial charge is 0.178 e. The molecule has 0 bridgehead atoms. The van der Waals surface area contributed by atoms with E-state index < -0.39 is 23.0 Å². The topological polar surface area (TPSA) is 55.8 Å². The fraction of sp³-hybridized carbons (Fsp3) is 0.773. The molecule has 1 saturated heterocycles. The maximum atomic E-state index is 16.9. The highest BCUT2D eigenvalue weighted by molar-refractivity contribution is 6.01. The zero-order valence-electron chi connectivity index (χ0n) is 16.5. The summed E-state index contributed by atoms with van der Waals surface area (Å²) in [5, 5.41) is 11.2. The summed E-state index contributed by atoms with van der Waals surface area (Å²) in [6.07, 6.45) is 5.98. The van der Waals surface area contributed by atoms with E-state index in [4.69, 9.17) is 9.47 Å². The molecule has 5 aliphatic rings. The Morgan fingerprint density at radius 1 is 1.19 bits per heavy atom. The average molecular weight is 376 g/mol. The normalized spacial score (nSPS) is 55.4. The van der Waals surface area contributed by atoms with E-state index in [0.29, 0.717) is 19.3 Å². The first-order chi connectivity index (χ1) is 12.5. The predicted octanol–water partition coefficient (Wildman–Crippen LogP) is 3.49. The molecule has 3 saturated carbocycles. The molecule has 1 N–H and O–H groups in total. The molecule has 0 aromatic rings. The van der Waals surface area contributed by atoms with E-state index in [1.807, 2.05) is 20.8 Å². The predicted molar refractivity (Wildman–Crippen MR) is 97.6 cm³/mol. The first-order valence-corrected chi connectivity index (χ1v) is 10.2. The van der Waals surface area contributed by atoms with Crippen molar-refractivity contribution in [1.82, 2.24) is 0 Å². The number of halogens is 1. The third kappa shape index (κ3) is 2.06. The molecule has 0 spiro atoms. The minimum atomic E-state index is -1.77. The van der Waals surface area contributed by atoms with Gasteiger partial charge < -0.3 is 14.6 Å². The zero-order chi connectivity index (χ0) is 19.4. The van der Waals surface area contributed by atoms with Crippen molar-refractivity contribution in [3.05, 3.63) is 23.8 Å². The average Bonchev–Trinajstić information content (AvgIpc) is 3.01. The van der Waals surface area contributed by atoms with Crippen LogP contribution in [0.2, 0.25) is 0 Å². The van der Waals surface area contributed by atoms with Crippen LogP contribution in [0.3, 0.4) is 0 Å². The number of ketones is 1. The third-order valence-electron chi connectivity index (χ3n) is 8.40. The van der Waals surface area contributed by atoms with Gasteiger partial charge >= 0.3 is 0 Å². The van der Waals surface area contributed by atoms with Gasteiger partial charge in [-0.1, -0.05) is 18.6 Å². The van der Waals surface area contributed by atoms with Crippen molar-refractivity contribution in [3.8, 4) is 0 Å². The van der Waals surface area contributed by atoms with Crippen LogP contribution in [0.5, 0.6) is 0 Å². The molecule has 148 valence electrons. The maximum absolute atomic E-state index is 16.9. The second-order valence-corrected chi connectivity index (χ2v) is 10.2. The van der Waals surface area contributed by atoms with Crippen molar-refractivity contribution in [2.75, 3.05) is 0 Å². The lowest BCUT2D eigenvalue weighted by molar-refractivity contribution is -0.225. The van der Waals surface area contributed by atoms with Gasteiger partial charge in [0.2, 0.25) is 0 Å². The molecular weight excluding hydrogens is 347 g/mol. The Hall–Kier alpha value is -1.04. The fourth-order valence-corrected chi connectivity index (χ4v) is 7.18. The van der Waals surface area contributed by atoms with Crippen LogP contribution in [0.1, 0.15) is 53.4 Å². The highest BCUT2D eigenvalue weighted by atomic mass is 19.1. The highest BCUT2D eigenvalue weighted by Crippen LogP contribution is 2.69. The molecule has 0 aromatic carbocycles. The Labute approximate surface area is 159 Å². The monoisotopic (exact) mass is 376 g/mol. The second-order valence-electron chi connectivity index (χ2n) is 10.2. The van der Waals surface area contributed by atoms with Crippen LogP contribution in [0.4, 0.5) is 4.39 Å². The second kappa shape index (κ2) is 5.11. The van der Waals surface area contributed by atoms with Crippen molar-refractivity contribution >= 4 is 5.78 Å². The number of aliphatic hydroxyl groups excluding tert-OH is 1. The van der Waals surface area contributed by atoms with E-state index in [2.05, 4.69) is 6.92 Å². The molecule has 1 heterocycles.